The van der Waals surface area contributed by atoms with Crippen LogP contribution in [0.5, 0.6) is 0 Å². The second kappa shape index (κ2) is 5.76. The smallest absolute Gasteiger partial charge is 0.410 e. The number of fused-ring (bicyclic) bond motifs is 1. The Morgan fingerprint density at radius 2 is 1.52 bits per heavy atom. The van der Waals surface area contributed by atoms with Gasteiger partial charge in [-0.25, -0.2) is 4.79 Å². The van der Waals surface area contributed by atoms with Gasteiger partial charge in [0.2, 0.25) is 0 Å². The van der Waals surface area contributed by atoms with Gasteiger partial charge in [-0.1, -0.05) is 54.6 Å². The Balaban J connectivity index is 1.87. The molecule has 0 aromatic heterocycles. The maximum absolute atomic E-state index is 12.7. The summed E-state index contributed by atoms with van der Waals surface area (Å²) >= 11 is 0. The molecule has 1 aliphatic carbocycles. The van der Waals surface area contributed by atoms with Crippen LogP contribution in [0, 0.1) is 0 Å². The molecule has 3 heteroatoms. The summed E-state index contributed by atoms with van der Waals surface area (Å²) in [4.78, 5) is 14.4. The maximum Gasteiger partial charge on any atom is 0.420 e. The lowest BCUT2D eigenvalue weighted by molar-refractivity contribution is 0.174. The van der Waals surface area contributed by atoms with Gasteiger partial charge in [0.15, 0.2) is 0 Å². The number of hydrogen-bond donors (Lipinski definition) is 0. The Morgan fingerprint density at radius 1 is 0.870 bits per heavy atom. The van der Waals surface area contributed by atoms with E-state index in [1.807, 2.05) is 54.6 Å². The first kappa shape index (κ1) is 13.8. The molecule has 3 nitrogen and oxygen atoms in total. The number of amides is 1. The van der Waals surface area contributed by atoms with Crippen LogP contribution < -0.4 is 4.90 Å². The molecule has 2 aliphatic rings. The molecule has 0 N–H and O–H groups in total. The molecule has 1 saturated heterocycles. The van der Waals surface area contributed by atoms with Crippen LogP contribution in [0.25, 0.3) is 0 Å². The molecule has 0 bridgehead atoms. The highest BCUT2D eigenvalue weighted by Gasteiger charge is 2.38. The summed E-state index contributed by atoms with van der Waals surface area (Å²) in [6.07, 6.45) is 5.78. The quantitative estimate of drug-likeness (QED) is 0.782. The van der Waals surface area contributed by atoms with Gasteiger partial charge in [0.25, 0.3) is 0 Å². The summed E-state index contributed by atoms with van der Waals surface area (Å²) < 4.78 is 5.59. The summed E-state index contributed by atoms with van der Waals surface area (Å²) in [5, 5.41) is 0. The van der Waals surface area contributed by atoms with Crippen LogP contribution in [0.3, 0.4) is 0 Å². The number of carbonyl (C=O) groups excluding carboxylic acids is 1. The van der Waals surface area contributed by atoms with Crippen molar-refractivity contribution >= 4 is 11.8 Å². The first-order chi connectivity index (χ1) is 11.3. The zero-order valence-electron chi connectivity index (χ0n) is 12.7. The number of ether oxygens (including phenoxy) is 1. The van der Waals surface area contributed by atoms with Crippen molar-refractivity contribution in [1.82, 2.24) is 0 Å². The third-order valence-corrected chi connectivity index (χ3v) is 4.24. The van der Waals surface area contributed by atoms with E-state index in [-0.39, 0.29) is 12.1 Å². The van der Waals surface area contributed by atoms with E-state index in [2.05, 4.69) is 18.2 Å². The molecule has 2 aromatic rings. The molecule has 1 amide bonds. The predicted octanol–water partition coefficient (Wildman–Crippen LogP) is 4.99. The van der Waals surface area contributed by atoms with Gasteiger partial charge in [0.05, 0.1) is 6.04 Å². The monoisotopic (exact) mass is 303 g/mol. The molecule has 1 heterocycles. The number of hydrogen-bond acceptors (Lipinski definition) is 2. The molecule has 1 unspecified atom stereocenters. The summed E-state index contributed by atoms with van der Waals surface area (Å²) in [7, 11) is 0. The van der Waals surface area contributed by atoms with E-state index in [9.17, 15) is 4.79 Å². The molecule has 23 heavy (non-hydrogen) atoms. The summed E-state index contributed by atoms with van der Waals surface area (Å²) in [6.45, 7) is 0. The molecular weight excluding hydrogens is 286 g/mol. The molecule has 1 atom stereocenters. The van der Waals surface area contributed by atoms with Crippen molar-refractivity contribution in [2.75, 3.05) is 4.90 Å². The number of allylic oxidation sites excluding steroid dienone is 2. The Bertz CT molecular complexity index is 778. The van der Waals surface area contributed by atoms with E-state index in [1.165, 1.54) is 0 Å². The van der Waals surface area contributed by atoms with Gasteiger partial charge in [-0.15, -0.1) is 0 Å². The fraction of sp³-hybridized carbons (Fsp3) is 0.150. The van der Waals surface area contributed by atoms with Crippen LogP contribution in [0.1, 0.15) is 24.4 Å². The number of carbonyl (C=O) groups is 1. The van der Waals surface area contributed by atoms with Crippen molar-refractivity contribution in [3.8, 4) is 0 Å². The second-order valence-electron chi connectivity index (χ2n) is 5.69. The molecule has 0 saturated carbocycles. The van der Waals surface area contributed by atoms with Gasteiger partial charge in [0.1, 0.15) is 5.76 Å². The Morgan fingerprint density at radius 3 is 2.26 bits per heavy atom. The van der Waals surface area contributed by atoms with Crippen molar-refractivity contribution in [1.29, 1.82) is 0 Å². The van der Waals surface area contributed by atoms with Crippen molar-refractivity contribution in [3.63, 3.8) is 0 Å². The summed E-state index contributed by atoms with van der Waals surface area (Å²) in [5.74, 6) is 0.710. The first-order valence-corrected chi connectivity index (χ1v) is 7.86. The van der Waals surface area contributed by atoms with Crippen molar-refractivity contribution in [2.24, 2.45) is 0 Å². The summed E-state index contributed by atoms with van der Waals surface area (Å²) in [6, 6.07) is 19.7. The molecule has 1 fully saturated rings. The predicted molar refractivity (Wildman–Crippen MR) is 90.0 cm³/mol. The van der Waals surface area contributed by atoms with Crippen molar-refractivity contribution in [2.45, 2.75) is 18.9 Å². The van der Waals surface area contributed by atoms with Crippen LogP contribution in [0.2, 0.25) is 0 Å². The fourth-order valence-corrected chi connectivity index (χ4v) is 3.21. The van der Waals surface area contributed by atoms with Crippen LogP contribution in [-0.4, -0.2) is 6.09 Å². The highest BCUT2D eigenvalue weighted by Crippen LogP contribution is 2.42. The molecule has 2 aromatic carbocycles. The number of rotatable bonds is 2. The minimum Gasteiger partial charge on any atom is -0.410 e. The molecular formula is C20H17NO2. The lowest BCUT2D eigenvalue weighted by Crippen LogP contribution is -2.41. The number of anilines is 1. The third kappa shape index (κ3) is 2.44. The number of nitrogens with zero attached hydrogens (tertiary/aromatic N) is 1. The summed E-state index contributed by atoms with van der Waals surface area (Å²) in [5.41, 5.74) is 3.01. The molecule has 1 aliphatic heterocycles. The fourth-order valence-electron chi connectivity index (χ4n) is 3.21. The Kier molecular flexibility index (Phi) is 3.46. The molecule has 0 radical (unpaired) electrons. The van der Waals surface area contributed by atoms with Crippen molar-refractivity contribution < 1.29 is 9.53 Å². The maximum atomic E-state index is 12.7. The van der Waals surface area contributed by atoms with Crippen molar-refractivity contribution in [3.05, 3.63) is 89.7 Å². The standard InChI is InChI=1S/C20H17NO2/c22-20-21(16-11-5-2-6-12-16)19(15-9-3-1-4-10-15)17-13-7-8-14-18(17)23-20/h1-6,9-14,19H,7-8H2. The van der Waals surface area contributed by atoms with E-state index in [4.69, 9.17) is 4.74 Å². The van der Waals surface area contributed by atoms with E-state index in [1.54, 1.807) is 4.90 Å². The molecule has 0 spiro atoms. The minimum atomic E-state index is -0.324. The van der Waals surface area contributed by atoms with Crippen LogP contribution >= 0.6 is 0 Å². The van der Waals surface area contributed by atoms with E-state index < -0.39 is 0 Å². The Hall–Kier alpha value is -2.81. The number of benzene rings is 2. The minimum absolute atomic E-state index is 0.147. The highest BCUT2D eigenvalue weighted by molar-refractivity contribution is 5.92. The van der Waals surface area contributed by atoms with Gasteiger partial charge in [0, 0.05) is 11.3 Å². The second-order valence-corrected chi connectivity index (χ2v) is 5.69. The largest absolute Gasteiger partial charge is 0.420 e. The van der Waals surface area contributed by atoms with E-state index >= 15 is 0 Å². The average molecular weight is 303 g/mol. The highest BCUT2D eigenvalue weighted by atomic mass is 16.6. The Labute approximate surface area is 135 Å². The first-order valence-electron chi connectivity index (χ1n) is 7.86. The van der Waals surface area contributed by atoms with Gasteiger partial charge < -0.3 is 4.74 Å². The normalized spacial score (nSPS) is 20.3. The zero-order valence-corrected chi connectivity index (χ0v) is 12.7. The van der Waals surface area contributed by atoms with Crippen LogP contribution in [-0.2, 0) is 4.74 Å². The third-order valence-electron chi connectivity index (χ3n) is 4.24. The van der Waals surface area contributed by atoms with Gasteiger partial charge in [-0.2, -0.15) is 0 Å². The lowest BCUT2D eigenvalue weighted by Gasteiger charge is -2.39. The average Bonchev–Trinajstić information content (AvgIpc) is 2.62. The van der Waals surface area contributed by atoms with Gasteiger partial charge >= 0.3 is 6.09 Å². The topological polar surface area (TPSA) is 29.5 Å². The SMILES string of the molecule is O=C1OC2=CCCC=C2C(c2ccccc2)N1c1ccccc1. The van der Waals surface area contributed by atoms with Gasteiger partial charge in [-0.05, 0) is 36.6 Å². The zero-order chi connectivity index (χ0) is 15.6. The van der Waals surface area contributed by atoms with Crippen LogP contribution in [0.4, 0.5) is 10.5 Å². The lowest BCUT2D eigenvalue weighted by atomic mass is 9.90. The number of para-hydroxylation sites is 1. The van der Waals surface area contributed by atoms with E-state index in [0.717, 1.165) is 29.7 Å². The molecule has 4 rings (SSSR count). The van der Waals surface area contributed by atoms with Crippen LogP contribution in [0.15, 0.2) is 84.1 Å². The van der Waals surface area contributed by atoms with Gasteiger partial charge in [-0.3, -0.25) is 4.90 Å². The molecule has 114 valence electrons. The van der Waals surface area contributed by atoms with E-state index in [0.29, 0.717) is 5.76 Å².